The highest BCUT2D eigenvalue weighted by Crippen LogP contribution is 2.30. The minimum absolute atomic E-state index is 0.127. The summed E-state index contributed by atoms with van der Waals surface area (Å²) < 4.78 is 0. The maximum absolute atomic E-state index is 13.7. The van der Waals surface area contributed by atoms with E-state index in [1.165, 1.54) is 0 Å². The molecule has 2 amide bonds. The number of hydrogen-bond donors (Lipinski definition) is 1. The van der Waals surface area contributed by atoms with Crippen molar-refractivity contribution in [1.82, 2.24) is 10.2 Å². The van der Waals surface area contributed by atoms with Crippen LogP contribution in [0.3, 0.4) is 0 Å². The van der Waals surface area contributed by atoms with Gasteiger partial charge in [0.15, 0.2) is 0 Å². The van der Waals surface area contributed by atoms with Crippen molar-refractivity contribution >= 4 is 35.0 Å². The van der Waals surface area contributed by atoms with E-state index in [9.17, 15) is 9.59 Å². The topological polar surface area (TPSA) is 49.4 Å². The van der Waals surface area contributed by atoms with Gasteiger partial charge in [0.2, 0.25) is 11.8 Å². The van der Waals surface area contributed by atoms with E-state index < -0.39 is 6.04 Å². The highest BCUT2D eigenvalue weighted by molar-refractivity contribution is 6.35. The first kappa shape index (κ1) is 24.8. The standard InChI is InChI=1S/C27H28Cl2N2O2/c1-3-30-27(33)19(2)31(18-22-14-15-23(28)16-25(22)29)26(32)17-24(20-10-6-4-7-11-20)21-12-8-5-9-13-21/h4-16,19,24H,3,17-18H2,1-2H3,(H,30,33). The van der Waals surface area contributed by atoms with E-state index in [4.69, 9.17) is 23.2 Å². The summed E-state index contributed by atoms with van der Waals surface area (Å²) in [5.74, 6) is -0.464. The number of carbonyl (C=O) groups is 2. The number of rotatable bonds is 9. The maximum Gasteiger partial charge on any atom is 0.242 e. The molecule has 172 valence electrons. The fourth-order valence-corrected chi connectivity index (χ4v) is 4.30. The van der Waals surface area contributed by atoms with Gasteiger partial charge in [-0.2, -0.15) is 0 Å². The molecule has 3 aromatic rings. The van der Waals surface area contributed by atoms with Crippen LogP contribution in [-0.2, 0) is 16.1 Å². The van der Waals surface area contributed by atoms with Crippen LogP contribution in [0.15, 0.2) is 78.9 Å². The normalized spacial score (nSPS) is 11.8. The largest absolute Gasteiger partial charge is 0.355 e. The van der Waals surface area contributed by atoms with E-state index >= 15 is 0 Å². The summed E-state index contributed by atoms with van der Waals surface area (Å²) in [6.45, 7) is 4.30. The monoisotopic (exact) mass is 482 g/mol. The summed E-state index contributed by atoms with van der Waals surface area (Å²) in [4.78, 5) is 28.0. The van der Waals surface area contributed by atoms with E-state index in [0.29, 0.717) is 16.6 Å². The molecule has 0 bridgehead atoms. The molecule has 1 N–H and O–H groups in total. The Balaban J connectivity index is 1.93. The lowest BCUT2D eigenvalue weighted by Crippen LogP contribution is -2.47. The first-order chi connectivity index (χ1) is 15.9. The van der Waals surface area contributed by atoms with Crippen molar-refractivity contribution in [2.45, 2.75) is 38.8 Å². The van der Waals surface area contributed by atoms with Crippen molar-refractivity contribution in [2.24, 2.45) is 0 Å². The van der Waals surface area contributed by atoms with Crippen molar-refractivity contribution < 1.29 is 9.59 Å². The molecule has 0 radical (unpaired) electrons. The number of amides is 2. The molecule has 0 fully saturated rings. The van der Waals surface area contributed by atoms with Crippen LogP contribution in [0.4, 0.5) is 0 Å². The van der Waals surface area contributed by atoms with Gasteiger partial charge >= 0.3 is 0 Å². The quantitative estimate of drug-likeness (QED) is 0.402. The number of likely N-dealkylation sites (N-methyl/N-ethyl adjacent to an activating group) is 1. The number of nitrogens with one attached hydrogen (secondary N) is 1. The van der Waals surface area contributed by atoms with Crippen LogP contribution in [-0.4, -0.2) is 29.3 Å². The van der Waals surface area contributed by atoms with Crippen molar-refractivity contribution in [3.8, 4) is 0 Å². The molecule has 0 spiro atoms. The summed E-state index contributed by atoms with van der Waals surface area (Å²) in [6.07, 6.45) is 0.225. The molecular weight excluding hydrogens is 455 g/mol. The molecule has 4 nitrogen and oxygen atoms in total. The van der Waals surface area contributed by atoms with Gasteiger partial charge < -0.3 is 10.2 Å². The van der Waals surface area contributed by atoms with Crippen LogP contribution in [0.2, 0.25) is 10.0 Å². The first-order valence-electron chi connectivity index (χ1n) is 11.0. The Morgan fingerprint density at radius 1 is 0.909 bits per heavy atom. The molecule has 0 aromatic heterocycles. The van der Waals surface area contributed by atoms with Gasteiger partial charge in [0.25, 0.3) is 0 Å². The number of nitrogens with zero attached hydrogens (tertiary/aromatic N) is 1. The van der Waals surface area contributed by atoms with Gasteiger partial charge in [-0.15, -0.1) is 0 Å². The fourth-order valence-electron chi connectivity index (χ4n) is 3.83. The molecule has 6 heteroatoms. The summed E-state index contributed by atoms with van der Waals surface area (Å²) in [6, 6.07) is 24.4. The minimum atomic E-state index is -0.656. The van der Waals surface area contributed by atoms with E-state index in [-0.39, 0.29) is 30.7 Å². The summed E-state index contributed by atoms with van der Waals surface area (Å²) in [5.41, 5.74) is 2.83. The third kappa shape index (κ3) is 6.59. The number of halogens is 2. The van der Waals surface area contributed by atoms with Crippen LogP contribution in [0.25, 0.3) is 0 Å². The van der Waals surface area contributed by atoms with E-state index in [1.54, 1.807) is 30.0 Å². The molecule has 1 unspecified atom stereocenters. The third-order valence-corrected chi connectivity index (χ3v) is 6.24. The van der Waals surface area contributed by atoms with Gasteiger partial charge in [0.05, 0.1) is 0 Å². The molecule has 0 saturated carbocycles. The van der Waals surface area contributed by atoms with Gasteiger partial charge in [-0.25, -0.2) is 0 Å². The second-order valence-electron chi connectivity index (χ2n) is 7.91. The van der Waals surface area contributed by atoms with Crippen LogP contribution >= 0.6 is 23.2 Å². The predicted octanol–water partition coefficient (Wildman–Crippen LogP) is 6.07. The van der Waals surface area contributed by atoms with Gasteiger partial charge in [0, 0.05) is 35.5 Å². The fraction of sp³-hybridized carbons (Fsp3) is 0.259. The molecular formula is C27H28Cl2N2O2. The smallest absolute Gasteiger partial charge is 0.242 e. The zero-order chi connectivity index (χ0) is 23.8. The van der Waals surface area contributed by atoms with E-state index in [0.717, 1.165) is 16.7 Å². The Labute approximate surface area is 205 Å². The Hall–Kier alpha value is -2.82. The molecule has 1 atom stereocenters. The average molecular weight is 483 g/mol. The molecule has 3 rings (SSSR count). The molecule has 0 heterocycles. The number of benzene rings is 3. The Morgan fingerprint density at radius 3 is 2.00 bits per heavy atom. The predicted molar refractivity (Wildman–Crippen MR) is 135 cm³/mol. The maximum atomic E-state index is 13.7. The summed E-state index contributed by atoms with van der Waals surface area (Å²) in [7, 11) is 0. The van der Waals surface area contributed by atoms with Crippen molar-refractivity contribution in [1.29, 1.82) is 0 Å². The molecule has 33 heavy (non-hydrogen) atoms. The lowest BCUT2D eigenvalue weighted by molar-refractivity contribution is -0.140. The lowest BCUT2D eigenvalue weighted by atomic mass is 9.88. The number of carbonyl (C=O) groups excluding carboxylic acids is 2. The van der Waals surface area contributed by atoms with Crippen molar-refractivity contribution in [2.75, 3.05) is 6.54 Å². The molecule has 3 aromatic carbocycles. The Bertz CT molecular complexity index is 1030. The minimum Gasteiger partial charge on any atom is -0.355 e. The SMILES string of the molecule is CCNC(=O)C(C)N(Cc1ccc(Cl)cc1Cl)C(=O)CC(c1ccccc1)c1ccccc1. The van der Waals surface area contributed by atoms with Crippen LogP contribution in [0.1, 0.15) is 42.9 Å². The average Bonchev–Trinajstić information content (AvgIpc) is 2.82. The second kappa shape index (κ2) is 11.9. The van der Waals surface area contributed by atoms with Gasteiger partial charge in [0.1, 0.15) is 6.04 Å². The summed E-state index contributed by atoms with van der Waals surface area (Å²) in [5, 5.41) is 3.80. The molecule has 0 aliphatic heterocycles. The van der Waals surface area contributed by atoms with Gasteiger partial charge in [-0.1, -0.05) is 89.9 Å². The highest BCUT2D eigenvalue weighted by atomic mass is 35.5. The second-order valence-corrected chi connectivity index (χ2v) is 8.75. The van der Waals surface area contributed by atoms with E-state index in [1.807, 2.05) is 67.6 Å². The van der Waals surface area contributed by atoms with E-state index in [2.05, 4.69) is 5.32 Å². The number of hydrogen-bond acceptors (Lipinski definition) is 2. The Morgan fingerprint density at radius 2 is 1.48 bits per heavy atom. The Kier molecular flexibility index (Phi) is 8.93. The van der Waals surface area contributed by atoms with Crippen LogP contribution in [0.5, 0.6) is 0 Å². The van der Waals surface area contributed by atoms with Crippen LogP contribution < -0.4 is 5.32 Å². The molecule has 0 saturated heterocycles. The highest BCUT2D eigenvalue weighted by Gasteiger charge is 2.29. The van der Waals surface area contributed by atoms with Crippen molar-refractivity contribution in [3.63, 3.8) is 0 Å². The molecule has 0 aliphatic rings. The first-order valence-corrected chi connectivity index (χ1v) is 11.8. The van der Waals surface area contributed by atoms with Crippen LogP contribution in [0, 0.1) is 0 Å². The van der Waals surface area contributed by atoms with Crippen molar-refractivity contribution in [3.05, 3.63) is 106 Å². The summed E-state index contributed by atoms with van der Waals surface area (Å²) >= 11 is 12.4. The van der Waals surface area contributed by atoms with Gasteiger partial charge in [-0.3, -0.25) is 9.59 Å². The zero-order valence-corrected chi connectivity index (χ0v) is 20.3. The van der Waals surface area contributed by atoms with Gasteiger partial charge in [-0.05, 0) is 42.7 Å². The lowest BCUT2D eigenvalue weighted by Gasteiger charge is -2.31. The zero-order valence-electron chi connectivity index (χ0n) is 18.8. The molecule has 0 aliphatic carbocycles. The third-order valence-electron chi connectivity index (χ3n) is 5.66.